The minimum atomic E-state index is -0.576. The standard InChI is InChI=1S/C15H17ClN4O3/c1-9-4-5-11(16)12(7-9)17-14(21)20-6-2-3-10(8-20)13-18-19-15(22)23-13/h4-5,7,10H,2-3,6,8H2,1H3,(H,17,21)(H,19,22). The molecule has 1 fully saturated rings. The third-order valence-electron chi connectivity index (χ3n) is 3.88. The molecule has 0 bridgehead atoms. The van der Waals surface area contributed by atoms with E-state index in [1.807, 2.05) is 19.1 Å². The number of H-pyrrole nitrogens is 1. The van der Waals surface area contributed by atoms with Crippen LogP contribution in [0.4, 0.5) is 10.5 Å². The zero-order valence-corrected chi connectivity index (χ0v) is 13.4. The Morgan fingerprint density at radius 3 is 3.09 bits per heavy atom. The summed E-state index contributed by atoms with van der Waals surface area (Å²) in [7, 11) is 0. The van der Waals surface area contributed by atoms with Gasteiger partial charge in [-0.05, 0) is 37.5 Å². The van der Waals surface area contributed by atoms with E-state index < -0.39 is 5.76 Å². The van der Waals surface area contributed by atoms with Gasteiger partial charge in [0.25, 0.3) is 0 Å². The summed E-state index contributed by atoms with van der Waals surface area (Å²) in [5.74, 6) is -0.310. The zero-order chi connectivity index (χ0) is 16.4. The van der Waals surface area contributed by atoms with E-state index in [4.69, 9.17) is 16.0 Å². The first-order chi connectivity index (χ1) is 11.0. The van der Waals surface area contributed by atoms with Crippen LogP contribution in [0.2, 0.25) is 5.02 Å². The van der Waals surface area contributed by atoms with Crippen LogP contribution in [0.1, 0.15) is 30.2 Å². The van der Waals surface area contributed by atoms with Crippen LogP contribution in [0, 0.1) is 6.92 Å². The quantitative estimate of drug-likeness (QED) is 0.882. The van der Waals surface area contributed by atoms with E-state index in [2.05, 4.69) is 15.5 Å². The molecule has 0 spiro atoms. The molecular weight excluding hydrogens is 320 g/mol. The van der Waals surface area contributed by atoms with Gasteiger partial charge in [0.1, 0.15) is 0 Å². The number of nitrogens with one attached hydrogen (secondary N) is 2. The number of urea groups is 1. The SMILES string of the molecule is Cc1ccc(Cl)c(NC(=O)N2CCCC(c3n[nH]c(=O)o3)C2)c1. The number of hydrogen-bond donors (Lipinski definition) is 2. The van der Waals surface area contributed by atoms with Crippen LogP contribution < -0.4 is 11.1 Å². The molecule has 2 aromatic rings. The zero-order valence-electron chi connectivity index (χ0n) is 12.6. The molecule has 8 heteroatoms. The highest BCUT2D eigenvalue weighted by atomic mass is 35.5. The van der Waals surface area contributed by atoms with Crippen molar-refractivity contribution in [2.75, 3.05) is 18.4 Å². The van der Waals surface area contributed by atoms with Crippen molar-refractivity contribution in [1.29, 1.82) is 0 Å². The summed E-state index contributed by atoms with van der Waals surface area (Å²) in [6, 6.07) is 5.24. The van der Waals surface area contributed by atoms with Gasteiger partial charge in [0, 0.05) is 13.1 Å². The van der Waals surface area contributed by atoms with E-state index in [1.165, 1.54) is 0 Å². The van der Waals surface area contributed by atoms with Gasteiger partial charge in [0.2, 0.25) is 5.89 Å². The van der Waals surface area contributed by atoms with Crippen molar-refractivity contribution >= 4 is 23.3 Å². The van der Waals surface area contributed by atoms with Crippen LogP contribution in [0.3, 0.4) is 0 Å². The molecule has 0 saturated carbocycles. The molecule has 0 aliphatic carbocycles. The number of hydrogen-bond acceptors (Lipinski definition) is 4. The molecule has 1 aromatic heterocycles. The summed E-state index contributed by atoms with van der Waals surface area (Å²) < 4.78 is 5.00. The molecule has 122 valence electrons. The molecule has 1 aliphatic heterocycles. The molecule has 2 amide bonds. The highest BCUT2D eigenvalue weighted by molar-refractivity contribution is 6.33. The van der Waals surface area contributed by atoms with Crippen LogP contribution in [-0.2, 0) is 0 Å². The second-order valence-electron chi connectivity index (χ2n) is 5.65. The molecule has 1 saturated heterocycles. The molecule has 2 N–H and O–H groups in total. The number of halogens is 1. The number of aromatic nitrogens is 2. The smallest absolute Gasteiger partial charge is 0.392 e. The number of rotatable bonds is 2. The van der Waals surface area contributed by atoms with Crippen LogP contribution in [0.25, 0.3) is 0 Å². The molecule has 3 rings (SSSR count). The molecule has 1 aromatic carbocycles. The van der Waals surface area contributed by atoms with Crippen molar-refractivity contribution < 1.29 is 9.21 Å². The minimum absolute atomic E-state index is 0.0820. The monoisotopic (exact) mass is 336 g/mol. The predicted molar refractivity (Wildman–Crippen MR) is 85.9 cm³/mol. The van der Waals surface area contributed by atoms with Gasteiger partial charge in [0.05, 0.1) is 16.6 Å². The van der Waals surface area contributed by atoms with E-state index >= 15 is 0 Å². The molecule has 7 nitrogen and oxygen atoms in total. The predicted octanol–water partition coefficient (Wildman–Crippen LogP) is 2.74. The van der Waals surface area contributed by atoms with Crippen molar-refractivity contribution in [3.8, 4) is 0 Å². The van der Waals surface area contributed by atoms with Crippen LogP contribution in [-0.4, -0.2) is 34.2 Å². The maximum absolute atomic E-state index is 12.4. The molecule has 1 unspecified atom stereocenters. The summed E-state index contributed by atoms with van der Waals surface area (Å²) in [6.07, 6.45) is 1.64. The molecule has 1 atom stereocenters. The van der Waals surface area contributed by atoms with Gasteiger partial charge in [-0.15, -0.1) is 5.10 Å². The van der Waals surface area contributed by atoms with Crippen molar-refractivity contribution in [2.45, 2.75) is 25.7 Å². The minimum Gasteiger partial charge on any atom is -0.392 e. The van der Waals surface area contributed by atoms with Gasteiger partial charge in [-0.1, -0.05) is 17.7 Å². The summed E-state index contributed by atoms with van der Waals surface area (Å²) in [5.41, 5.74) is 1.60. The Labute approximate surface area is 137 Å². The van der Waals surface area contributed by atoms with Crippen LogP contribution in [0.15, 0.2) is 27.4 Å². The van der Waals surface area contributed by atoms with Crippen molar-refractivity contribution in [2.24, 2.45) is 0 Å². The maximum Gasteiger partial charge on any atom is 0.434 e. The number of likely N-dealkylation sites (tertiary alicyclic amines) is 1. The van der Waals surface area contributed by atoms with Crippen LogP contribution in [0.5, 0.6) is 0 Å². The van der Waals surface area contributed by atoms with Gasteiger partial charge in [-0.3, -0.25) is 0 Å². The highest BCUT2D eigenvalue weighted by Gasteiger charge is 2.28. The first-order valence-corrected chi connectivity index (χ1v) is 7.78. The number of aromatic amines is 1. The largest absolute Gasteiger partial charge is 0.434 e. The number of carbonyl (C=O) groups excluding carboxylic acids is 1. The molecular formula is C15H17ClN4O3. The lowest BCUT2D eigenvalue weighted by Gasteiger charge is -2.31. The maximum atomic E-state index is 12.4. The average Bonchev–Trinajstić information content (AvgIpc) is 2.97. The van der Waals surface area contributed by atoms with E-state index in [0.717, 1.165) is 18.4 Å². The van der Waals surface area contributed by atoms with E-state index in [0.29, 0.717) is 29.7 Å². The first-order valence-electron chi connectivity index (χ1n) is 7.40. The number of carbonyl (C=O) groups is 1. The third-order valence-corrected chi connectivity index (χ3v) is 4.21. The number of aryl methyl sites for hydroxylation is 1. The summed E-state index contributed by atoms with van der Waals surface area (Å²) in [5, 5.41) is 9.44. The fraction of sp³-hybridized carbons (Fsp3) is 0.400. The highest BCUT2D eigenvalue weighted by Crippen LogP contribution is 2.27. The summed E-state index contributed by atoms with van der Waals surface area (Å²) in [4.78, 5) is 25.2. The van der Waals surface area contributed by atoms with E-state index in [1.54, 1.807) is 11.0 Å². The molecule has 23 heavy (non-hydrogen) atoms. The third kappa shape index (κ3) is 3.56. The second kappa shape index (κ2) is 6.45. The topological polar surface area (TPSA) is 91.2 Å². The van der Waals surface area contributed by atoms with Gasteiger partial charge in [-0.2, -0.15) is 0 Å². The van der Waals surface area contributed by atoms with Crippen LogP contribution >= 0.6 is 11.6 Å². The normalized spacial score (nSPS) is 18.0. The molecule has 1 aliphatic rings. The van der Waals surface area contributed by atoms with Crippen molar-refractivity contribution in [3.05, 3.63) is 45.2 Å². The number of amides is 2. The number of benzene rings is 1. The first kappa shape index (κ1) is 15.6. The lowest BCUT2D eigenvalue weighted by atomic mass is 9.98. The second-order valence-corrected chi connectivity index (χ2v) is 6.06. The van der Waals surface area contributed by atoms with E-state index in [9.17, 15) is 9.59 Å². The summed E-state index contributed by atoms with van der Waals surface area (Å²) >= 11 is 6.11. The fourth-order valence-electron chi connectivity index (χ4n) is 2.71. The Hall–Kier alpha value is -2.28. The lowest BCUT2D eigenvalue weighted by molar-refractivity contribution is 0.186. The van der Waals surface area contributed by atoms with E-state index in [-0.39, 0.29) is 11.9 Å². The number of nitrogens with zero attached hydrogens (tertiary/aromatic N) is 2. The number of anilines is 1. The Bertz CT molecular complexity index is 770. The Kier molecular flexibility index (Phi) is 4.38. The molecule has 0 radical (unpaired) electrons. The van der Waals surface area contributed by atoms with Gasteiger partial charge >= 0.3 is 11.8 Å². The lowest BCUT2D eigenvalue weighted by Crippen LogP contribution is -2.41. The van der Waals surface area contributed by atoms with Gasteiger partial charge in [-0.25, -0.2) is 14.7 Å². The Morgan fingerprint density at radius 1 is 1.52 bits per heavy atom. The van der Waals surface area contributed by atoms with Gasteiger partial charge in [0.15, 0.2) is 0 Å². The fourth-order valence-corrected chi connectivity index (χ4v) is 2.87. The average molecular weight is 337 g/mol. The Morgan fingerprint density at radius 2 is 2.35 bits per heavy atom. The van der Waals surface area contributed by atoms with Crippen molar-refractivity contribution in [3.63, 3.8) is 0 Å². The number of piperidine rings is 1. The summed E-state index contributed by atoms with van der Waals surface area (Å²) in [6.45, 7) is 3.02. The van der Waals surface area contributed by atoms with Crippen molar-refractivity contribution in [1.82, 2.24) is 15.1 Å². The Balaban J connectivity index is 1.69. The molecule has 2 heterocycles. The van der Waals surface area contributed by atoms with Gasteiger partial charge < -0.3 is 14.6 Å².